The van der Waals surface area contributed by atoms with Crippen LogP contribution in [0.3, 0.4) is 0 Å². The third-order valence-corrected chi connectivity index (χ3v) is 6.47. The van der Waals surface area contributed by atoms with Gasteiger partial charge in [-0.15, -0.1) is 11.3 Å². The Balaban J connectivity index is 2.35. The highest BCUT2D eigenvalue weighted by Gasteiger charge is 2.19. The smallest absolute Gasteiger partial charge is 0.271 e. The molecule has 20 heavy (non-hydrogen) atoms. The zero-order chi connectivity index (χ0) is 14.9. The van der Waals surface area contributed by atoms with Crippen LogP contribution in [-0.2, 0) is 16.6 Å². The molecular weight excluding hydrogens is 360 g/mol. The number of anilines is 1. The molecule has 1 aromatic heterocycles. The zero-order valence-corrected chi connectivity index (χ0v) is 14.3. The Hall–Kier alpha value is -0.890. The van der Waals surface area contributed by atoms with Crippen LogP contribution in [0.1, 0.15) is 16.0 Å². The van der Waals surface area contributed by atoms with Crippen molar-refractivity contribution in [2.45, 2.75) is 24.6 Å². The molecule has 7 heteroatoms. The Morgan fingerprint density at radius 3 is 2.50 bits per heavy atom. The van der Waals surface area contributed by atoms with E-state index in [0.717, 1.165) is 20.5 Å². The van der Waals surface area contributed by atoms with Gasteiger partial charge in [0.05, 0.1) is 5.69 Å². The first-order valence-electron chi connectivity index (χ1n) is 5.92. The van der Waals surface area contributed by atoms with Crippen LogP contribution in [-0.4, -0.2) is 8.42 Å². The fourth-order valence-electron chi connectivity index (χ4n) is 1.76. The van der Waals surface area contributed by atoms with Gasteiger partial charge in [0.1, 0.15) is 4.21 Å². The van der Waals surface area contributed by atoms with Crippen LogP contribution in [0.2, 0.25) is 0 Å². The highest BCUT2D eigenvalue weighted by Crippen LogP contribution is 2.28. The van der Waals surface area contributed by atoms with Crippen LogP contribution in [0.25, 0.3) is 0 Å². The van der Waals surface area contributed by atoms with Gasteiger partial charge in [0, 0.05) is 15.9 Å². The number of sulfonamides is 1. The van der Waals surface area contributed by atoms with E-state index in [1.165, 1.54) is 11.3 Å². The van der Waals surface area contributed by atoms with Crippen LogP contribution in [0.4, 0.5) is 5.69 Å². The number of hydrogen-bond acceptors (Lipinski definition) is 4. The quantitative estimate of drug-likeness (QED) is 0.861. The molecule has 0 saturated carbocycles. The molecule has 0 aliphatic heterocycles. The maximum atomic E-state index is 12.4. The molecule has 1 heterocycles. The average molecular weight is 375 g/mol. The molecule has 0 spiro atoms. The number of hydrogen-bond donors (Lipinski definition) is 2. The molecule has 4 nitrogen and oxygen atoms in total. The summed E-state index contributed by atoms with van der Waals surface area (Å²) >= 11 is 4.56. The number of benzene rings is 1. The molecule has 0 radical (unpaired) electrons. The normalized spacial score (nSPS) is 11.6. The van der Waals surface area contributed by atoms with Gasteiger partial charge in [-0.1, -0.05) is 15.9 Å². The predicted molar refractivity (Wildman–Crippen MR) is 86.6 cm³/mol. The van der Waals surface area contributed by atoms with Gasteiger partial charge in [-0.25, -0.2) is 8.42 Å². The summed E-state index contributed by atoms with van der Waals surface area (Å²) in [4.78, 5) is 0.887. The highest BCUT2D eigenvalue weighted by molar-refractivity contribution is 9.10. The van der Waals surface area contributed by atoms with Crippen LogP contribution < -0.4 is 10.5 Å². The maximum Gasteiger partial charge on any atom is 0.271 e. The van der Waals surface area contributed by atoms with E-state index in [9.17, 15) is 8.42 Å². The summed E-state index contributed by atoms with van der Waals surface area (Å²) in [7, 11) is -3.56. The van der Waals surface area contributed by atoms with Crippen LogP contribution in [0.5, 0.6) is 0 Å². The topological polar surface area (TPSA) is 72.2 Å². The monoisotopic (exact) mass is 374 g/mol. The minimum atomic E-state index is -3.56. The zero-order valence-electron chi connectivity index (χ0n) is 11.1. The molecule has 2 aromatic rings. The van der Waals surface area contributed by atoms with Crippen molar-refractivity contribution in [2.75, 3.05) is 4.72 Å². The summed E-state index contributed by atoms with van der Waals surface area (Å²) in [5.74, 6) is 0. The van der Waals surface area contributed by atoms with Gasteiger partial charge < -0.3 is 5.73 Å². The van der Waals surface area contributed by atoms with Crippen LogP contribution >= 0.6 is 27.3 Å². The summed E-state index contributed by atoms with van der Waals surface area (Å²) in [6.07, 6.45) is 0. The number of thiophene rings is 1. The summed E-state index contributed by atoms with van der Waals surface area (Å²) in [5.41, 5.74) is 7.93. The molecule has 108 valence electrons. The second-order valence-corrected chi connectivity index (χ2v) is 8.40. The van der Waals surface area contributed by atoms with Gasteiger partial charge >= 0.3 is 0 Å². The van der Waals surface area contributed by atoms with Gasteiger partial charge in [0.15, 0.2) is 0 Å². The Kier molecular flexibility index (Phi) is 4.53. The van der Waals surface area contributed by atoms with Gasteiger partial charge in [-0.05, 0) is 49.2 Å². The minimum absolute atomic E-state index is 0.290. The van der Waals surface area contributed by atoms with E-state index in [1.54, 1.807) is 18.2 Å². The van der Waals surface area contributed by atoms with Gasteiger partial charge in [0.25, 0.3) is 10.0 Å². The van der Waals surface area contributed by atoms with Crippen molar-refractivity contribution in [3.05, 3.63) is 44.7 Å². The molecule has 3 N–H and O–H groups in total. The molecule has 2 rings (SSSR count). The second-order valence-electron chi connectivity index (χ2n) is 4.44. The molecule has 0 aliphatic rings. The van der Waals surface area contributed by atoms with E-state index in [4.69, 9.17) is 5.73 Å². The minimum Gasteiger partial charge on any atom is -0.326 e. The van der Waals surface area contributed by atoms with Crippen molar-refractivity contribution in [2.24, 2.45) is 5.73 Å². The molecule has 0 unspecified atom stereocenters. The lowest BCUT2D eigenvalue weighted by molar-refractivity contribution is 0.603. The molecule has 0 amide bonds. The molecular formula is C13H15BrN2O2S2. The Bertz CT molecular complexity index is 739. The summed E-state index contributed by atoms with van der Waals surface area (Å²) in [5, 5.41) is 0. The van der Waals surface area contributed by atoms with E-state index >= 15 is 0 Å². The first-order chi connectivity index (χ1) is 9.33. The number of aryl methyl sites for hydroxylation is 2. The van der Waals surface area contributed by atoms with Crippen LogP contribution in [0.15, 0.2) is 32.9 Å². The second kappa shape index (κ2) is 5.85. The summed E-state index contributed by atoms with van der Waals surface area (Å²) in [6, 6.07) is 7.06. The lowest BCUT2D eigenvalue weighted by Gasteiger charge is -2.09. The first kappa shape index (κ1) is 15.5. The Labute approximate surface area is 131 Å². The maximum absolute atomic E-state index is 12.4. The summed E-state index contributed by atoms with van der Waals surface area (Å²) in [6.45, 7) is 4.07. The number of nitrogens with one attached hydrogen (secondary N) is 1. The average Bonchev–Trinajstić information content (AvgIpc) is 2.75. The lowest BCUT2D eigenvalue weighted by Crippen LogP contribution is -2.12. The lowest BCUT2D eigenvalue weighted by atomic mass is 10.2. The molecule has 0 saturated heterocycles. The van der Waals surface area contributed by atoms with E-state index in [1.807, 2.05) is 19.9 Å². The Morgan fingerprint density at radius 1 is 1.25 bits per heavy atom. The molecule has 0 atom stereocenters. The Morgan fingerprint density at radius 2 is 1.95 bits per heavy atom. The van der Waals surface area contributed by atoms with Crippen LogP contribution in [0, 0.1) is 13.8 Å². The molecule has 1 aromatic carbocycles. The number of halogens is 1. The standard InChI is InChI=1S/C13H15BrN2O2S2/c1-8-5-10(14)3-4-11(8)16-20(17,18)13-6-9(2)12(7-15)19-13/h3-6,16H,7,15H2,1-2H3. The first-order valence-corrected chi connectivity index (χ1v) is 9.01. The third kappa shape index (κ3) is 3.22. The number of nitrogens with two attached hydrogens (primary N) is 1. The molecule has 0 bridgehead atoms. The van der Waals surface area contributed by atoms with E-state index < -0.39 is 10.0 Å². The van der Waals surface area contributed by atoms with Gasteiger partial charge in [0.2, 0.25) is 0 Å². The third-order valence-electron chi connectivity index (χ3n) is 2.88. The fourth-order valence-corrected chi connectivity index (χ4v) is 4.83. The fraction of sp³-hybridized carbons (Fsp3) is 0.231. The molecule has 0 aliphatic carbocycles. The van der Waals surface area contributed by atoms with Crippen molar-refractivity contribution in [3.63, 3.8) is 0 Å². The van der Waals surface area contributed by atoms with Crippen molar-refractivity contribution < 1.29 is 8.42 Å². The van der Waals surface area contributed by atoms with Crippen molar-refractivity contribution in [1.82, 2.24) is 0 Å². The highest BCUT2D eigenvalue weighted by atomic mass is 79.9. The van der Waals surface area contributed by atoms with Gasteiger partial charge in [-0.3, -0.25) is 4.72 Å². The van der Waals surface area contributed by atoms with Crippen molar-refractivity contribution >= 4 is 43.0 Å². The van der Waals surface area contributed by atoms with E-state index in [-0.39, 0.29) is 4.21 Å². The van der Waals surface area contributed by atoms with Gasteiger partial charge in [-0.2, -0.15) is 0 Å². The number of rotatable bonds is 4. The van der Waals surface area contributed by atoms with Crippen molar-refractivity contribution in [3.8, 4) is 0 Å². The van der Waals surface area contributed by atoms with E-state index in [2.05, 4.69) is 20.7 Å². The predicted octanol–water partition coefficient (Wildman–Crippen LogP) is 3.39. The largest absolute Gasteiger partial charge is 0.326 e. The van der Waals surface area contributed by atoms with E-state index in [0.29, 0.717) is 12.2 Å². The van der Waals surface area contributed by atoms with Crippen molar-refractivity contribution in [1.29, 1.82) is 0 Å². The molecule has 0 fully saturated rings. The SMILES string of the molecule is Cc1cc(Br)ccc1NS(=O)(=O)c1cc(C)c(CN)s1. The summed E-state index contributed by atoms with van der Waals surface area (Å²) < 4.78 is 28.6.